The summed E-state index contributed by atoms with van der Waals surface area (Å²) in [6.45, 7) is 9.49. The van der Waals surface area contributed by atoms with Crippen molar-refractivity contribution < 1.29 is 38.2 Å². The Morgan fingerprint density at radius 2 is 1.61 bits per heavy atom. The number of hydrogen-bond donors (Lipinski definition) is 2. The van der Waals surface area contributed by atoms with Gasteiger partial charge in [0.15, 0.2) is 0 Å². The molecular formula is C46H54N8O8. The van der Waals surface area contributed by atoms with Gasteiger partial charge in [0.1, 0.15) is 47.0 Å². The fourth-order valence-corrected chi connectivity index (χ4v) is 9.37. The minimum atomic E-state index is -1.00. The molecule has 1 atom stereocenters. The molecule has 2 saturated heterocycles. The van der Waals surface area contributed by atoms with E-state index >= 15 is 0 Å². The lowest BCUT2D eigenvalue weighted by Crippen LogP contribution is -2.54. The van der Waals surface area contributed by atoms with E-state index < -0.39 is 29.7 Å². The van der Waals surface area contributed by atoms with E-state index in [9.17, 15) is 29.2 Å². The summed E-state index contributed by atoms with van der Waals surface area (Å²) in [5.41, 5.74) is 1.23. The molecule has 2 N–H and O–H groups in total. The molecule has 1 aromatic heterocycles. The van der Waals surface area contributed by atoms with Gasteiger partial charge in [-0.2, -0.15) is 5.26 Å². The second-order valence-electron chi connectivity index (χ2n) is 17.3. The van der Waals surface area contributed by atoms with Crippen LogP contribution in [-0.4, -0.2) is 112 Å². The molecule has 8 rings (SSSR count). The summed E-state index contributed by atoms with van der Waals surface area (Å²) in [7, 11) is 0. The topological polar surface area (TPSA) is 196 Å². The number of aromatic nitrogens is 2. The van der Waals surface area contributed by atoms with Gasteiger partial charge in [-0.25, -0.2) is 9.97 Å². The summed E-state index contributed by atoms with van der Waals surface area (Å²) in [6, 6.07) is 12.1. The largest absolute Gasteiger partial charge is 0.492 e. The van der Waals surface area contributed by atoms with Gasteiger partial charge in [0.2, 0.25) is 11.8 Å². The molecule has 2 aromatic carbocycles. The highest BCUT2D eigenvalue weighted by Crippen LogP contribution is 2.36. The first-order valence-electron chi connectivity index (χ1n) is 22.0. The van der Waals surface area contributed by atoms with Crippen molar-refractivity contribution in [3.63, 3.8) is 0 Å². The first kappa shape index (κ1) is 42.6. The van der Waals surface area contributed by atoms with Crippen molar-refractivity contribution in [3.05, 3.63) is 71.2 Å². The van der Waals surface area contributed by atoms with Gasteiger partial charge in [0.25, 0.3) is 17.7 Å². The Morgan fingerprint density at radius 3 is 2.29 bits per heavy atom. The zero-order valence-corrected chi connectivity index (χ0v) is 35.5. The number of nitrogens with zero attached hydrogens (tertiary/aromatic N) is 6. The van der Waals surface area contributed by atoms with Gasteiger partial charge >= 0.3 is 0 Å². The van der Waals surface area contributed by atoms with Crippen molar-refractivity contribution in [2.24, 2.45) is 5.92 Å². The lowest BCUT2D eigenvalue weighted by atomic mass is 9.85. The maximum Gasteiger partial charge on any atom is 0.271 e. The third kappa shape index (κ3) is 9.23. The highest BCUT2D eigenvalue weighted by molar-refractivity contribution is 6.23. The number of carbonyl (C=O) groups excluding carboxylic acids is 5. The van der Waals surface area contributed by atoms with Gasteiger partial charge in [-0.15, -0.1) is 0 Å². The number of amides is 5. The summed E-state index contributed by atoms with van der Waals surface area (Å²) < 4.78 is 18.1. The summed E-state index contributed by atoms with van der Waals surface area (Å²) in [5.74, 6) is 0.666. The molecule has 5 aliphatic rings. The van der Waals surface area contributed by atoms with E-state index in [1.807, 2.05) is 6.92 Å². The zero-order chi connectivity index (χ0) is 43.5. The summed E-state index contributed by atoms with van der Waals surface area (Å²) in [6.07, 6.45) is 10.3. The molecule has 16 nitrogen and oxygen atoms in total. The van der Waals surface area contributed by atoms with Gasteiger partial charge in [-0.1, -0.05) is 0 Å². The Labute approximate surface area is 361 Å². The molecule has 62 heavy (non-hydrogen) atoms. The van der Waals surface area contributed by atoms with Gasteiger partial charge in [-0.05, 0) is 102 Å². The maximum atomic E-state index is 13.3. The Hall–Kier alpha value is -6.08. The normalized spacial score (nSPS) is 24.0. The van der Waals surface area contributed by atoms with Crippen molar-refractivity contribution in [1.29, 1.82) is 5.26 Å². The van der Waals surface area contributed by atoms with Crippen LogP contribution in [0.1, 0.15) is 122 Å². The minimum absolute atomic E-state index is 0.0183. The van der Waals surface area contributed by atoms with Crippen LogP contribution in [0.2, 0.25) is 0 Å². The summed E-state index contributed by atoms with van der Waals surface area (Å²) in [4.78, 5) is 78.4. The van der Waals surface area contributed by atoms with E-state index in [2.05, 4.69) is 50.3 Å². The highest BCUT2D eigenvalue weighted by Gasteiger charge is 2.45. The van der Waals surface area contributed by atoms with Crippen LogP contribution in [0.15, 0.2) is 48.8 Å². The molecular weight excluding hydrogens is 793 g/mol. The predicted molar refractivity (Wildman–Crippen MR) is 226 cm³/mol. The Morgan fingerprint density at radius 1 is 0.903 bits per heavy atom. The number of hydrogen-bond acceptors (Lipinski definition) is 13. The van der Waals surface area contributed by atoms with Gasteiger partial charge in [0, 0.05) is 63.1 Å². The van der Waals surface area contributed by atoms with Gasteiger partial charge in [-0.3, -0.25) is 39.1 Å². The molecule has 0 bridgehead atoms. The number of nitrogens with one attached hydrogen (secondary N) is 2. The van der Waals surface area contributed by atoms with Crippen molar-refractivity contribution in [1.82, 2.24) is 30.4 Å². The first-order chi connectivity index (χ1) is 30.0. The number of piperidine rings is 2. The molecule has 2 saturated carbocycles. The van der Waals surface area contributed by atoms with E-state index in [-0.39, 0.29) is 48.1 Å². The van der Waals surface area contributed by atoms with Crippen LogP contribution in [0.5, 0.6) is 17.2 Å². The highest BCUT2D eigenvalue weighted by atomic mass is 16.5. The van der Waals surface area contributed by atoms with Crippen molar-refractivity contribution in [3.8, 4) is 23.3 Å². The number of rotatable bonds is 14. The molecule has 3 aromatic rings. The zero-order valence-electron chi connectivity index (χ0n) is 35.5. The molecule has 4 heterocycles. The van der Waals surface area contributed by atoms with Crippen LogP contribution in [-0.2, 0) is 9.59 Å². The van der Waals surface area contributed by atoms with E-state index in [1.165, 1.54) is 0 Å². The Kier molecular flexibility index (Phi) is 12.7. The second-order valence-corrected chi connectivity index (χ2v) is 17.3. The predicted octanol–water partition coefficient (Wildman–Crippen LogP) is 4.80. The van der Waals surface area contributed by atoms with E-state index in [0.29, 0.717) is 53.1 Å². The summed E-state index contributed by atoms with van der Waals surface area (Å²) in [5, 5.41) is 14.7. The van der Waals surface area contributed by atoms with Crippen LogP contribution < -0.4 is 29.7 Å². The quantitative estimate of drug-likeness (QED) is 0.210. The third-order valence-corrected chi connectivity index (χ3v) is 12.9. The fraction of sp³-hybridized carbons (Fsp3) is 0.522. The molecule has 0 unspecified atom stereocenters. The average Bonchev–Trinajstić information content (AvgIpc) is 3.50. The van der Waals surface area contributed by atoms with Crippen molar-refractivity contribution >= 4 is 35.4 Å². The SMILES string of the molecule is CCOc1cc(OC2CCC(NC(=O)c3cnc(N4CCC(CN(C(C)C)C5CC(Oc6ccc7c(c6)C(=O)N([C@@H]6CCC(=O)NC6=O)C7=O)C5)CC4)cn3)CC2)ccc1C#N. The number of anilines is 1. The molecule has 326 valence electrons. The average molecular weight is 847 g/mol. The number of carbonyl (C=O) groups is 5. The van der Waals surface area contributed by atoms with Gasteiger partial charge < -0.3 is 24.4 Å². The first-order valence-corrected chi connectivity index (χ1v) is 22.0. The molecule has 16 heteroatoms. The molecule has 4 fully saturated rings. The summed E-state index contributed by atoms with van der Waals surface area (Å²) >= 11 is 0. The van der Waals surface area contributed by atoms with Crippen LogP contribution in [0.25, 0.3) is 0 Å². The van der Waals surface area contributed by atoms with E-state index in [0.717, 1.165) is 81.7 Å². The number of ether oxygens (including phenoxy) is 3. The number of fused-ring (bicyclic) bond motifs is 1. The van der Waals surface area contributed by atoms with Gasteiger partial charge in [0.05, 0.1) is 41.8 Å². The van der Waals surface area contributed by atoms with Crippen LogP contribution in [0, 0.1) is 17.2 Å². The molecule has 0 radical (unpaired) electrons. The van der Waals surface area contributed by atoms with Crippen molar-refractivity contribution in [2.75, 3.05) is 31.1 Å². The third-order valence-electron chi connectivity index (χ3n) is 12.9. The molecule has 5 amide bonds. The fourth-order valence-electron chi connectivity index (χ4n) is 9.37. The Bertz CT molecular complexity index is 2220. The van der Waals surface area contributed by atoms with Crippen molar-refractivity contribution in [2.45, 2.75) is 121 Å². The molecule has 0 spiro atoms. The molecule has 3 aliphatic heterocycles. The molecule has 2 aliphatic carbocycles. The lowest BCUT2D eigenvalue weighted by molar-refractivity contribution is -0.136. The Balaban J connectivity index is 0.757. The smallest absolute Gasteiger partial charge is 0.271 e. The lowest BCUT2D eigenvalue weighted by Gasteiger charge is -2.46. The van der Waals surface area contributed by atoms with E-state index in [1.54, 1.807) is 48.8 Å². The number of imide groups is 2. The number of benzene rings is 2. The second kappa shape index (κ2) is 18.5. The van der Waals surface area contributed by atoms with Crippen LogP contribution >= 0.6 is 0 Å². The van der Waals surface area contributed by atoms with E-state index in [4.69, 9.17) is 14.2 Å². The van der Waals surface area contributed by atoms with Crippen LogP contribution in [0.4, 0.5) is 5.82 Å². The number of nitriles is 1. The standard InChI is InChI=1S/C46H54N8O8/c1-4-60-40-22-34(8-5-29(40)23-47)61-32-9-6-30(7-10-32)50-43(56)38-24-49-41(25-48-38)52-17-15-28(16-18-52)26-53(27(2)3)31-19-35(20-31)62-33-11-12-36-37(21-33)46(59)54(45(36)58)39-13-14-42(55)51-44(39)57/h5,8,11-12,21-22,24-25,27-28,30-32,35,39H,4,6-7,9-10,13-20,26H2,1-3H3,(H,50,56)(H,51,55,57)/t30?,31?,32?,35?,39-/m1/s1. The maximum absolute atomic E-state index is 13.3. The van der Waals surface area contributed by atoms with Crippen LogP contribution in [0.3, 0.4) is 0 Å². The minimum Gasteiger partial charge on any atom is -0.492 e. The monoisotopic (exact) mass is 846 g/mol.